The number of rotatable bonds is 3. The van der Waals surface area contributed by atoms with Gasteiger partial charge in [0.1, 0.15) is 13.2 Å². The van der Waals surface area contributed by atoms with Crippen LogP contribution >= 0.6 is 0 Å². The molecule has 0 radical (unpaired) electrons. The highest BCUT2D eigenvalue weighted by Crippen LogP contribution is 2.32. The van der Waals surface area contributed by atoms with Crippen molar-refractivity contribution in [3.05, 3.63) is 54.1 Å². The molecule has 2 aromatic heterocycles. The van der Waals surface area contributed by atoms with Gasteiger partial charge in [-0.3, -0.25) is 14.0 Å². The van der Waals surface area contributed by atoms with Crippen molar-refractivity contribution >= 4 is 23.0 Å². The average Bonchev–Trinajstić information content (AvgIpc) is 3.07. The summed E-state index contributed by atoms with van der Waals surface area (Å²) in [6.07, 6.45) is 1.70. The summed E-state index contributed by atoms with van der Waals surface area (Å²) in [6.45, 7) is 6.62. The van der Waals surface area contributed by atoms with E-state index in [9.17, 15) is 9.59 Å². The number of benzene rings is 1. The fraction of sp³-hybridized carbons (Fsp3) is 0.286. The molecule has 2 amide bonds. The molecule has 2 N–H and O–H groups in total. The van der Waals surface area contributed by atoms with E-state index in [1.54, 1.807) is 47.0 Å². The second-order valence-corrected chi connectivity index (χ2v) is 7.76. The summed E-state index contributed by atoms with van der Waals surface area (Å²) >= 11 is 0. The first-order valence-corrected chi connectivity index (χ1v) is 9.32. The predicted octanol–water partition coefficient (Wildman–Crippen LogP) is 2.89. The van der Waals surface area contributed by atoms with Gasteiger partial charge in [-0.05, 0) is 45.0 Å². The molecule has 3 aromatic rings. The van der Waals surface area contributed by atoms with Crippen molar-refractivity contribution in [1.82, 2.24) is 14.7 Å². The third kappa shape index (κ3) is 3.87. The first kappa shape index (κ1) is 18.8. The van der Waals surface area contributed by atoms with Gasteiger partial charge in [-0.15, -0.1) is 0 Å². The number of hydrogen-bond donors (Lipinski definition) is 2. The van der Waals surface area contributed by atoms with Gasteiger partial charge < -0.3 is 20.1 Å². The Kier molecular flexibility index (Phi) is 4.62. The molecular formula is C21H22N4O4. The van der Waals surface area contributed by atoms with Crippen LogP contribution in [0.25, 0.3) is 5.52 Å². The second-order valence-electron chi connectivity index (χ2n) is 7.76. The molecule has 4 rings (SSSR count). The Morgan fingerprint density at radius 2 is 1.79 bits per heavy atom. The molecule has 0 saturated heterocycles. The fourth-order valence-corrected chi connectivity index (χ4v) is 3.07. The van der Waals surface area contributed by atoms with Gasteiger partial charge >= 0.3 is 0 Å². The normalized spacial score (nSPS) is 13.2. The minimum atomic E-state index is -0.433. The number of imidazole rings is 1. The van der Waals surface area contributed by atoms with Gasteiger partial charge in [0, 0.05) is 23.5 Å². The van der Waals surface area contributed by atoms with E-state index in [-0.39, 0.29) is 17.4 Å². The molecule has 0 atom stereocenters. The molecule has 1 aliphatic heterocycles. The van der Waals surface area contributed by atoms with Crippen LogP contribution < -0.4 is 20.1 Å². The van der Waals surface area contributed by atoms with Gasteiger partial charge in [-0.2, -0.15) is 0 Å². The third-order valence-electron chi connectivity index (χ3n) is 4.26. The van der Waals surface area contributed by atoms with Crippen molar-refractivity contribution in [3.63, 3.8) is 0 Å². The van der Waals surface area contributed by atoms with Crippen molar-refractivity contribution in [2.24, 2.45) is 0 Å². The summed E-state index contributed by atoms with van der Waals surface area (Å²) in [7, 11) is 0. The van der Waals surface area contributed by atoms with Crippen molar-refractivity contribution in [3.8, 4) is 11.5 Å². The van der Waals surface area contributed by atoms with E-state index in [1.165, 1.54) is 0 Å². The molecular weight excluding hydrogens is 372 g/mol. The molecule has 0 fully saturated rings. The SMILES string of the molecule is CC(C)(C)NC(=O)c1nc(C(=O)Nc2ccc3c(c2)OCCO3)n2ccccc12. The van der Waals surface area contributed by atoms with Crippen LogP contribution in [0.5, 0.6) is 11.5 Å². The molecule has 8 heteroatoms. The molecule has 0 spiro atoms. The molecule has 1 aliphatic rings. The highest BCUT2D eigenvalue weighted by Gasteiger charge is 2.24. The number of amides is 2. The summed E-state index contributed by atoms with van der Waals surface area (Å²) in [4.78, 5) is 29.9. The monoisotopic (exact) mass is 394 g/mol. The zero-order valence-corrected chi connectivity index (χ0v) is 16.5. The van der Waals surface area contributed by atoms with Gasteiger partial charge in [0.15, 0.2) is 17.2 Å². The third-order valence-corrected chi connectivity index (χ3v) is 4.26. The quantitative estimate of drug-likeness (QED) is 0.712. The smallest absolute Gasteiger partial charge is 0.292 e. The Hall–Kier alpha value is -3.55. The molecule has 3 heterocycles. The van der Waals surface area contributed by atoms with Crippen LogP contribution in [0.15, 0.2) is 42.6 Å². The summed E-state index contributed by atoms with van der Waals surface area (Å²) in [5, 5.41) is 5.70. The number of aromatic nitrogens is 2. The number of hydrogen-bond acceptors (Lipinski definition) is 5. The molecule has 8 nitrogen and oxygen atoms in total. The zero-order valence-electron chi connectivity index (χ0n) is 16.5. The number of ether oxygens (including phenoxy) is 2. The zero-order chi connectivity index (χ0) is 20.6. The molecule has 1 aromatic carbocycles. The Morgan fingerprint density at radius 3 is 2.55 bits per heavy atom. The lowest BCUT2D eigenvalue weighted by Crippen LogP contribution is -2.40. The van der Waals surface area contributed by atoms with Crippen molar-refractivity contribution in [2.45, 2.75) is 26.3 Å². The lowest BCUT2D eigenvalue weighted by Gasteiger charge is -2.19. The Bertz CT molecular complexity index is 1100. The molecule has 0 aliphatic carbocycles. The Labute approximate surface area is 167 Å². The second kappa shape index (κ2) is 7.12. The number of anilines is 1. The number of pyridine rings is 1. The van der Waals surface area contributed by atoms with E-state index in [0.29, 0.717) is 35.9 Å². The fourth-order valence-electron chi connectivity index (χ4n) is 3.07. The minimum Gasteiger partial charge on any atom is -0.486 e. The lowest BCUT2D eigenvalue weighted by atomic mass is 10.1. The maximum atomic E-state index is 12.9. The van der Waals surface area contributed by atoms with E-state index in [1.807, 2.05) is 20.8 Å². The first-order valence-electron chi connectivity index (χ1n) is 9.32. The number of carbonyl (C=O) groups is 2. The highest BCUT2D eigenvalue weighted by molar-refractivity contribution is 6.06. The van der Waals surface area contributed by atoms with Crippen LogP contribution in [0.1, 0.15) is 41.9 Å². The lowest BCUT2D eigenvalue weighted by molar-refractivity contribution is 0.0916. The minimum absolute atomic E-state index is 0.120. The van der Waals surface area contributed by atoms with Crippen molar-refractivity contribution in [1.29, 1.82) is 0 Å². The number of fused-ring (bicyclic) bond motifs is 2. The first-order chi connectivity index (χ1) is 13.8. The van der Waals surface area contributed by atoms with Gasteiger partial charge in [-0.1, -0.05) is 6.07 Å². The molecule has 29 heavy (non-hydrogen) atoms. The van der Waals surface area contributed by atoms with Crippen LogP contribution in [0.4, 0.5) is 5.69 Å². The summed E-state index contributed by atoms with van der Waals surface area (Å²) < 4.78 is 12.7. The maximum absolute atomic E-state index is 12.9. The summed E-state index contributed by atoms with van der Waals surface area (Å²) in [5.74, 6) is 0.570. The summed E-state index contributed by atoms with van der Waals surface area (Å²) in [5.41, 5.74) is 0.886. The van der Waals surface area contributed by atoms with Crippen molar-refractivity contribution < 1.29 is 19.1 Å². The highest BCUT2D eigenvalue weighted by atomic mass is 16.6. The average molecular weight is 394 g/mol. The van der Waals surface area contributed by atoms with E-state index in [4.69, 9.17) is 9.47 Å². The van der Waals surface area contributed by atoms with Gasteiger partial charge in [0.25, 0.3) is 11.8 Å². The number of carbonyl (C=O) groups excluding carboxylic acids is 2. The summed E-state index contributed by atoms with van der Waals surface area (Å²) in [6, 6.07) is 10.5. The number of nitrogens with zero attached hydrogens (tertiary/aromatic N) is 2. The molecule has 0 bridgehead atoms. The van der Waals surface area contributed by atoms with Crippen molar-refractivity contribution in [2.75, 3.05) is 18.5 Å². The van der Waals surface area contributed by atoms with Crippen LogP contribution in [0, 0.1) is 0 Å². The molecule has 0 unspecified atom stereocenters. The van der Waals surface area contributed by atoms with Crippen LogP contribution in [-0.2, 0) is 0 Å². The van der Waals surface area contributed by atoms with Crippen LogP contribution in [0.2, 0.25) is 0 Å². The van der Waals surface area contributed by atoms with E-state index in [2.05, 4.69) is 15.6 Å². The van der Waals surface area contributed by atoms with E-state index < -0.39 is 11.4 Å². The van der Waals surface area contributed by atoms with E-state index in [0.717, 1.165) is 0 Å². The van der Waals surface area contributed by atoms with Gasteiger partial charge in [0.2, 0.25) is 5.82 Å². The van der Waals surface area contributed by atoms with Crippen LogP contribution in [-0.4, -0.2) is 40.0 Å². The Morgan fingerprint density at radius 1 is 1.03 bits per heavy atom. The Balaban J connectivity index is 1.65. The molecule has 150 valence electrons. The topological polar surface area (TPSA) is 94.0 Å². The maximum Gasteiger partial charge on any atom is 0.292 e. The van der Waals surface area contributed by atoms with Crippen LogP contribution in [0.3, 0.4) is 0 Å². The molecule has 0 saturated carbocycles. The van der Waals surface area contributed by atoms with E-state index >= 15 is 0 Å². The standard InChI is InChI=1S/C21H22N4O4/c1-21(2,3)24-19(26)17-14-6-4-5-9-25(14)18(23-17)20(27)22-13-7-8-15-16(12-13)29-11-10-28-15/h4-9,12H,10-11H2,1-3H3,(H,22,27)(H,24,26). The van der Waals surface area contributed by atoms with Gasteiger partial charge in [-0.25, -0.2) is 4.98 Å². The van der Waals surface area contributed by atoms with Gasteiger partial charge in [0.05, 0.1) is 5.52 Å². The predicted molar refractivity (Wildman–Crippen MR) is 108 cm³/mol. The largest absolute Gasteiger partial charge is 0.486 e. The number of nitrogens with one attached hydrogen (secondary N) is 2.